The molecule has 1 aliphatic rings. The summed E-state index contributed by atoms with van der Waals surface area (Å²) in [6, 6.07) is 10.6. The van der Waals surface area contributed by atoms with Gasteiger partial charge in [0.25, 0.3) is 0 Å². The zero-order chi connectivity index (χ0) is 12.4. The summed E-state index contributed by atoms with van der Waals surface area (Å²) in [7, 11) is 2.05. The van der Waals surface area contributed by atoms with Gasteiger partial charge in [0, 0.05) is 23.8 Å². The maximum atomic E-state index is 3.35. The number of anilines is 1. The van der Waals surface area contributed by atoms with E-state index in [1.54, 1.807) is 0 Å². The molecular weight excluding hydrogens is 208 g/mol. The summed E-state index contributed by atoms with van der Waals surface area (Å²) < 4.78 is 0. The van der Waals surface area contributed by atoms with Gasteiger partial charge in [0.15, 0.2) is 0 Å². The first kappa shape index (κ1) is 12.4. The lowest BCUT2D eigenvalue weighted by molar-refractivity contribution is 0.461. The standard InChI is InChI=1S/C15H24N2/c1-11(2)17-14(9-12(3)16-4)10-13-7-5-6-8-15(13)17/h5-8,11-12,14,16H,9-10H2,1-4H3. The van der Waals surface area contributed by atoms with Gasteiger partial charge < -0.3 is 10.2 Å². The van der Waals surface area contributed by atoms with E-state index in [2.05, 4.69) is 55.3 Å². The molecule has 1 N–H and O–H groups in total. The van der Waals surface area contributed by atoms with E-state index in [0.29, 0.717) is 18.1 Å². The van der Waals surface area contributed by atoms with Crippen molar-refractivity contribution in [2.75, 3.05) is 11.9 Å². The molecule has 0 amide bonds. The van der Waals surface area contributed by atoms with Crippen molar-refractivity contribution in [3.63, 3.8) is 0 Å². The van der Waals surface area contributed by atoms with Crippen molar-refractivity contribution >= 4 is 5.69 Å². The summed E-state index contributed by atoms with van der Waals surface area (Å²) in [6.45, 7) is 6.85. The summed E-state index contributed by atoms with van der Waals surface area (Å²) in [5.41, 5.74) is 2.95. The molecule has 1 aromatic rings. The van der Waals surface area contributed by atoms with E-state index in [1.807, 2.05) is 7.05 Å². The van der Waals surface area contributed by atoms with Gasteiger partial charge in [-0.2, -0.15) is 0 Å². The second-order valence-corrected chi connectivity index (χ2v) is 5.41. The maximum absolute atomic E-state index is 3.35. The highest BCUT2D eigenvalue weighted by Crippen LogP contribution is 2.35. The highest BCUT2D eigenvalue weighted by atomic mass is 15.2. The minimum atomic E-state index is 0.577. The van der Waals surface area contributed by atoms with Crippen molar-refractivity contribution in [1.29, 1.82) is 0 Å². The number of fused-ring (bicyclic) bond motifs is 1. The predicted molar refractivity (Wildman–Crippen MR) is 74.7 cm³/mol. The van der Waals surface area contributed by atoms with E-state index in [-0.39, 0.29) is 0 Å². The third kappa shape index (κ3) is 2.47. The number of benzene rings is 1. The van der Waals surface area contributed by atoms with Gasteiger partial charge in [0.05, 0.1) is 0 Å². The highest BCUT2D eigenvalue weighted by Gasteiger charge is 2.31. The Labute approximate surface area is 105 Å². The average molecular weight is 232 g/mol. The SMILES string of the molecule is CNC(C)CC1Cc2ccccc2N1C(C)C. The first-order chi connectivity index (χ1) is 8.13. The molecule has 0 aromatic heterocycles. The molecule has 1 aromatic carbocycles. The lowest BCUT2D eigenvalue weighted by atomic mass is 10.0. The van der Waals surface area contributed by atoms with Crippen molar-refractivity contribution in [3.8, 4) is 0 Å². The molecule has 1 heterocycles. The molecule has 2 heteroatoms. The van der Waals surface area contributed by atoms with Crippen molar-refractivity contribution in [2.24, 2.45) is 0 Å². The molecule has 2 nitrogen and oxygen atoms in total. The fourth-order valence-electron chi connectivity index (χ4n) is 2.91. The number of nitrogens with one attached hydrogen (secondary N) is 1. The van der Waals surface area contributed by atoms with Crippen LogP contribution in [0, 0.1) is 0 Å². The second-order valence-electron chi connectivity index (χ2n) is 5.41. The van der Waals surface area contributed by atoms with Crippen molar-refractivity contribution in [1.82, 2.24) is 5.32 Å². The van der Waals surface area contributed by atoms with Crippen LogP contribution < -0.4 is 10.2 Å². The quantitative estimate of drug-likeness (QED) is 0.858. The van der Waals surface area contributed by atoms with E-state index < -0.39 is 0 Å². The molecule has 2 unspecified atom stereocenters. The molecule has 0 fully saturated rings. The lowest BCUT2D eigenvalue weighted by Gasteiger charge is -2.33. The summed E-state index contributed by atoms with van der Waals surface area (Å²) in [5, 5.41) is 3.35. The van der Waals surface area contributed by atoms with E-state index >= 15 is 0 Å². The number of hydrogen-bond acceptors (Lipinski definition) is 2. The maximum Gasteiger partial charge on any atom is 0.0404 e. The molecule has 0 saturated heterocycles. The number of hydrogen-bond donors (Lipinski definition) is 1. The molecule has 2 atom stereocenters. The Morgan fingerprint density at radius 1 is 1.29 bits per heavy atom. The Balaban J connectivity index is 2.21. The summed E-state index contributed by atoms with van der Waals surface area (Å²) in [5.74, 6) is 0. The number of para-hydroxylation sites is 1. The van der Waals surface area contributed by atoms with Crippen LogP contribution in [0.4, 0.5) is 5.69 Å². The topological polar surface area (TPSA) is 15.3 Å². The Hall–Kier alpha value is -1.02. The van der Waals surface area contributed by atoms with Gasteiger partial charge in [-0.25, -0.2) is 0 Å². The Kier molecular flexibility index (Phi) is 3.72. The summed E-state index contributed by atoms with van der Waals surface area (Å²) >= 11 is 0. The summed E-state index contributed by atoms with van der Waals surface area (Å²) in [4.78, 5) is 2.59. The molecule has 2 rings (SSSR count). The molecule has 0 aliphatic carbocycles. The smallest absolute Gasteiger partial charge is 0.0404 e. The molecule has 94 valence electrons. The molecule has 0 radical (unpaired) electrons. The van der Waals surface area contributed by atoms with E-state index in [0.717, 1.165) is 0 Å². The van der Waals surface area contributed by atoms with Gasteiger partial charge >= 0.3 is 0 Å². The van der Waals surface area contributed by atoms with Crippen LogP contribution in [0.2, 0.25) is 0 Å². The summed E-state index contributed by atoms with van der Waals surface area (Å²) in [6.07, 6.45) is 2.41. The molecule has 1 aliphatic heterocycles. The third-order valence-electron chi connectivity index (χ3n) is 3.79. The van der Waals surface area contributed by atoms with Gasteiger partial charge in [-0.05, 0) is 52.3 Å². The largest absolute Gasteiger partial charge is 0.366 e. The third-order valence-corrected chi connectivity index (χ3v) is 3.79. The van der Waals surface area contributed by atoms with E-state index in [9.17, 15) is 0 Å². The fraction of sp³-hybridized carbons (Fsp3) is 0.600. The fourth-order valence-corrected chi connectivity index (χ4v) is 2.91. The molecule has 0 spiro atoms. The van der Waals surface area contributed by atoms with Gasteiger partial charge in [0.1, 0.15) is 0 Å². The van der Waals surface area contributed by atoms with Crippen molar-refractivity contribution in [3.05, 3.63) is 29.8 Å². The minimum absolute atomic E-state index is 0.577. The van der Waals surface area contributed by atoms with Gasteiger partial charge in [0.2, 0.25) is 0 Å². The normalized spacial score (nSPS) is 20.8. The highest BCUT2D eigenvalue weighted by molar-refractivity contribution is 5.60. The Bertz CT molecular complexity index is 373. The molecule has 0 saturated carbocycles. The Morgan fingerprint density at radius 3 is 2.65 bits per heavy atom. The zero-order valence-electron chi connectivity index (χ0n) is 11.4. The van der Waals surface area contributed by atoms with Crippen LogP contribution in [0.15, 0.2) is 24.3 Å². The van der Waals surface area contributed by atoms with Crippen LogP contribution in [0.1, 0.15) is 32.8 Å². The molecular formula is C15H24N2. The van der Waals surface area contributed by atoms with E-state index in [1.165, 1.54) is 24.1 Å². The predicted octanol–water partition coefficient (Wildman–Crippen LogP) is 2.82. The van der Waals surface area contributed by atoms with Crippen LogP contribution in [-0.4, -0.2) is 25.2 Å². The minimum Gasteiger partial charge on any atom is -0.366 e. The number of rotatable bonds is 4. The van der Waals surface area contributed by atoms with Gasteiger partial charge in [-0.3, -0.25) is 0 Å². The number of nitrogens with zero attached hydrogens (tertiary/aromatic N) is 1. The van der Waals surface area contributed by atoms with Crippen molar-refractivity contribution < 1.29 is 0 Å². The van der Waals surface area contributed by atoms with E-state index in [4.69, 9.17) is 0 Å². The van der Waals surface area contributed by atoms with Gasteiger partial charge in [-0.1, -0.05) is 18.2 Å². The van der Waals surface area contributed by atoms with Crippen LogP contribution in [0.5, 0.6) is 0 Å². The van der Waals surface area contributed by atoms with Crippen LogP contribution in [0.25, 0.3) is 0 Å². The van der Waals surface area contributed by atoms with Gasteiger partial charge in [-0.15, -0.1) is 0 Å². The van der Waals surface area contributed by atoms with Crippen LogP contribution >= 0.6 is 0 Å². The van der Waals surface area contributed by atoms with Crippen LogP contribution in [-0.2, 0) is 6.42 Å². The zero-order valence-corrected chi connectivity index (χ0v) is 11.4. The van der Waals surface area contributed by atoms with Crippen molar-refractivity contribution in [2.45, 2.75) is 51.7 Å². The lowest BCUT2D eigenvalue weighted by Crippen LogP contribution is -2.41. The average Bonchev–Trinajstić information content (AvgIpc) is 2.66. The first-order valence-corrected chi connectivity index (χ1v) is 6.67. The second kappa shape index (κ2) is 5.09. The van der Waals surface area contributed by atoms with Crippen LogP contribution in [0.3, 0.4) is 0 Å². The molecule has 17 heavy (non-hydrogen) atoms. The Morgan fingerprint density at radius 2 is 2.00 bits per heavy atom. The first-order valence-electron chi connectivity index (χ1n) is 6.67. The molecule has 0 bridgehead atoms. The monoisotopic (exact) mass is 232 g/mol.